The number of hydrogen-bond donors (Lipinski definition) is 0. The molecule has 2 aliphatic carbocycles. The Morgan fingerprint density at radius 2 is 1.85 bits per heavy atom. The zero-order valence-corrected chi connectivity index (χ0v) is 14.9. The Labute approximate surface area is 153 Å². The third-order valence-electron chi connectivity index (χ3n) is 5.30. The lowest BCUT2D eigenvalue weighted by Gasteiger charge is -2.36. The van der Waals surface area contributed by atoms with E-state index in [0.717, 1.165) is 32.1 Å². The number of benzene rings is 2. The second kappa shape index (κ2) is 7.48. The van der Waals surface area contributed by atoms with Gasteiger partial charge in [-0.05, 0) is 67.5 Å². The van der Waals surface area contributed by atoms with Crippen molar-refractivity contribution in [3.8, 4) is 5.75 Å². The molecule has 0 saturated heterocycles. The van der Waals surface area contributed by atoms with Crippen LogP contribution in [0, 0.1) is 5.82 Å². The minimum atomic E-state index is -0.288. The monoisotopic (exact) mass is 353 g/mol. The first-order chi connectivity index (χ1) is 12.7. The van der Waals surface area contributed by atoms with E-state index in [9.17, 15) is 9.18 Å². The first-order valence-electron chi connectivity index (χ1n) is 9.50. The van der Waals surface area contributed by atoms with Crippen molar-refractivity contribution in [2.24, 2.45) is 0 Å². The summed E-state index contributed by atoms with van der Waals surface area (Å²) in [5.74, 6) is 0.473. The van der Waals surface area contributed by atoms with Crippen molar-refractivity contribution in [3.05, 3.63) is 65.5 Å². The second-order valence-corrected chi connectivity index (χ2v) is 7.19. The van der Waals surface area contributed by atoms with Crippen molar-refractivity contribution in [3.63, 3.8) is 0 Å². The summed E-state index contributed by atoms with van der Waals surface area (Å²) in [7, 11) is 0. The zero-order chi connectivity index (χ0) is 17.9. The van der Waals surface area contributed by atoms with Crippen LogP contribution in [-0.4, -0.2) is 23.5 Å². The number of carbonyl (C=O) groups is 1. The molecule has 3 nitrogen and oxygen atoms in total. The maximum Gasteiger partial charge on any atom is 0.226 e. The first kappa shape index (κ1) is 17.1. The fourth-order valence-corrected chi connectivity index (χ4v) is 3.92. The summed E-state index contributed by atoms with van der Waals surface area (Å²) in [4.78, 5) is 15.1. The van der Waals surface area contributed by atoms with E-state index in [1.807, 2.05) is 0 Å². The van der Waals surface area contributed by atoms with Gasteiger partial charge >= 0.3 is 0 Å². The van der Waals surface area contributed by atoms with Crippen LogP contribution in [0.15, 0.2) is 48.5 Å². The number of fused-ring (bicyclic) bond motifs is 1. The van der Waals surface area contributed by atoms with E-state index >= 15 is 0 Å². The molecule has 26 heavy (non-hydrogen) atoms. The molecule has 0 spiro atoms. The van der Waals surface area contributed by atoms with Crippen LogP contribution in [0.1, 0.15) is 49.3 Å². The van der Waals surface area contributed by atoms with Crippen molar-refractivity contribution in [2.75, 3.05) is 6.61 Å². The molecule has 4 rings (SSSR count). The molecule has 0 heterocycles. The quantitative estimate of drug-likeness (QED) is 0.756. The van der Waals surface area contributed by atoms with E-state index in [4.69, 9.17) is 4.74 Å². The van der Waals surface area contributed by atoms with E-state index in [0.29, 0.717) is 24.8 Å². The molecule has 0 aromatic heterocycles. The molecule has 2 aromatic carbocycles. The number of nitrogens with zero attached hydrogens (tertiary/aromatic N) is 1. The van der Waals surface area contributed by atoms with E-state index in [1.165, 1.54) is 23.3 Å². The smallest absolute Gasteiger partial charge is 0.226 e. The molecule has 0 N–H and O–H groups in total. The van der Waals surface area contributed by atoms with Gasteiger partial charge in [0.15, 0.2) is 0 Å². The normalized spacial score (nSPS) is 18.9. The van der Waals surface area contributed by atoms with Crippen LogP contribution in [0.5, 0.6) is 5.75 Å². The van der Waals surface area contributed by atoms with Crippen LogP contribution in [0.4, 0.5) is 4.39 Å². The van der Waals surface area contributed by atoms with Gasteiger partial charge in [-0.2, -0.15) is 0 Å². The van der Waals surface area contributed by atoms with E-state index in [-0.39, 0.29) is 17.8 Å². The number of hydrogen-bond acceptors (Lipinski definition) is 2. The molecule has 0 radical (unpaired) electrons. The average molecular weight is 353 g/mol. The predicted molar refractivity (Wildman–Crippen MR) is 98.5 cm³/mol. The Balaban J connectivity index is 1.42. The highest BCUT2D eigenvalue weighted by atomic mass is 19.1. The van der Waals surface area contributed by atoms with Crippen LogP contribution < -0.4 is 4.74 Å². The number of ether oxygens (including phenoxy) is 1. The van der Waals surface area contributed by atoms with Crippen LogP contribution >= 0.6 is 0 Å². The first-order valence-corrected chi connectivity index (χ1v) is 9.50. The van der Waals surface area contributed by atoms with Crippen molar-refractivity contribution >= 4 is 5.91 Å². The fourth-order valence-electron chi connectivity index (χ4n) is 3.92. The van der Waals surface area contributed by atoms with Gasteiger partial charge in [0.05, 0.1) is 19.1 Å². The van der Waals surface area contributed by atoms with Gasteiger partial charge in [-0.1, -0.05) is 24.3 Å². The van der Waals surface area contributed by atoms with Crippen LogP contribution in [0.3, 0.4) is 0 Å². The Morgan fingerprint density at radius 3 is 2.62 bits per heavy atom. The Kier molecular flexibility index (Phi) is 4.91. The maximum atomic E-state index is 13.0. The lowest BCUT2D eigenvalue weighted by Crippen LogP contribution is -2.39. The molecule has 1 fully saturated rings. The summed E-state index contributed by atoms with van der Waals surface area (Å²) in [6.45, 7) is 0.321. The number of carbonyl (C=O) groups excluding carboxylic acids is 1. The Hall–Kier alpha value is -2.36. The van der Waals surface area contributed by atoms with Crippen molar-refractivity contribution in [1.82, 2.24) is 4.90 Å². The van der Waals surface area contributed by atoms with Gasteiger partial charge in [0.1, 0.15) is 11.6 Å². The van der Waals surface area contributed by atoms with E-state index in [1.54, 1.807) is 12.1 Å². The summed E-state index contributed by atoms with van der Waals surface area (Å²) < 4.78 is 18.6. The molecule has 2 aromatic rings. The number of halogens is 1. The lowest BCUT2D eigenvalue weighted by atomic mass is 9.86. The van der Waals surface area contributed by atoms with Gasteiger partial charge in [0, 0.05) is 6.04 Å². The average Bonchev–Trinajstić information content (AvgIpc) is 3.49. The van der Waals surface area contributed by atoms with Gasteiger partial charge in [0.2, 0.25) is 5.91 Å². The highest BCUT2D eigenvalue weighted by molar-refractivity contribution is 5.77. The molecule has 136 valence electrons. The molecule has 1 atom stereocenters. The zero-order valence-electron chi connectivity index (χ0n) is 14.9. The van der Waals surface area contributed by atoms with Crippen LogP contribution in [0.25, 0.3) is 0 Å². The van der Waals surface area contributed by atoms with Crippen LogP contribution in [-0.2, 0) is 11.2 Å². The summed E-state index contributed by atoms with van der Waals surface area (Å²) >= 11 is 0. The van der Waals surface area contributed by atoms with E-state index < -0.39 is 0 Å². The predicted octanol–water partition coefficient (Wildman–Crippen LogP) is 4.66. The Morgan fingerprint density at radius 1 is 1.08 bits per heavy atom. The third kappa shape index (κ3) is 3.74. The number of aryl methyl sites for hydroxylation is 1. The fraction of sp³-hybridized carbons (Fsp3) is 0.409. The Bertz CT molecular complexity index is 770. The minimum absolute atomic E-state index is 0.163. The number of amides is 1. The third-order valence-corrected chi connectivity index (χ3v) is 5.30. The SMILES string of the molecule is O=C(CCOc1ccc(F)cc1)N(C1CC1)C1CCCc2ccccc21. The van der Waals surface area contributed by atoms with Gasteiger partial charge in [-0.15, -0.1) is 0 Å². The van der Waals surface area contributed by atoms with Gasteiger partial charge in [0.25, 0.3) is 0 Å². The largest absolute Gasteiger partial charge is 0.493 e. The maximum absolute atomic E-state index is 13.0. The summed E-state index contributed by atoms with van der Waals surface area (Å²) in [5.41, 5.74) is 2.70. The molecular weight excluding hydrogens is 329 g/mol. The summed E-state index contributed by atoms with van der Waals surface area (Å²) in [5, 5.41) is 0. The topological polar surface area (TPSA) is 29.5 Å². The van der Waals surface area contributed by atoms with Gasteiger partial charge < -0.3 is 9.64 Å². The minimum Gasteiger partial charge on any atom is -0.493 e. The van der Waals surface area contributed by atoms with Crippen molar-refractivity contribution in [2.45, 2.75) is 50.6 Å². The highest BCUT2D eigenvalue weighted by Crippen LogP contribution is 2.41. The van der Waals surface area contributed by atoms with Crippen LogP contribution in [0.2, 0.25) is 0 Å². The molecule has 1 amide bonds. The molecule has 2 aliphatic rings. The lowest BCUT2D eigenvalue weighted by molar-refractivity contribution is -0.135. The molecule has 1 saturated carbocycles. The number of rotatable bonds is 6. The van der Waals surface area contributed by atoms with Gasteiger partial charge in [-0.3, -0.25) is 4.79 Å². The van der Waals surface area contributed by atoms with Gasteiger partial charge in [-0.25, -0.2) is 4.39 Å². The standard InChI is InChI=1S/C22H24FNO2/c23-17-8-12-19(13-9-17)26-15-14-22(25)24(18-10-11-18)21-7-3-5-16-4-1-2-6-20(16)21/h1-2,4,6,8-9,12-13,18,21H,3,5,7,10-11,14-15H2. The summed E-state index contributed by atoms with van der Waals surface area (Å²) in [6.07, 6.45) is 5.83. The molecule has 4 heteroatoms. The second-order valence-electron chi connectivity index (χ2n) is 7.19. The van der Waals surface area contributed by atoms with Crippen molar-refractivity contribution in [1.29, 1.82) is 0 Å². The molecule has 1 unspecified atom stereocenters. The molecule has 0 bridgehead atoms. The summed E-state index contributed by atoms with van der Waals surface area (Å²) in [6, 6.07) is 15.0. The highest BCUT2D eigenvalue weighted by Gasteiger charge is 2.39. The molecule has 0 aliphatic heterocycles. The molecular formula is C22H24FNO2. The van der Waals surface area contributed by atoms with E-state index in [2.05, 4.69) is 29.2 Å². The van der Waals surface area contributed by atoms with Crippen molar-refractivity contribution < 1.29 is 13.9 Å².